The molecule has 1 fully saturated rings. The van der Waals surface area contributed by atoms with Crippen molar-refractivity contribution in [3.63, 3.8) is 0 Å². The van der Waals surface area contributed by atoms with Gasteiger partial charge in [0.2, 0.25) is 10.0 Å². The first-order valence-corrected chi connectivity index (χ1v) is 11.5. The fourth-order valence-corrected chi connectivity index (χ4v) is 5.56. The maximum atomic E-state index is 14.5. The highest BCUT2D eigenvalue weighted by Crippen LogP contribution is 2.28. The number of hydrogen-bond donors (Lipinski definition) is 1. The number of ether oxygens (including phenoxy) is 1. The van der Waals surface area contributed by atoms with Crippen molar-refractivity contribution in [1.82, 2.24) is 4.31 Å². The van der Waals surface area contributed by atoms with Crippen LogP contribution in [0.3, 0.4) is 0 Å². The first-order valence-electron chi connectivity index (χ1n) is 10.0. The standard InChI is InChI=1S/C22H27FN2O4S/c1-4-29-19-8-6-18(7-9-19)24-22(26)17-5-10-20(23)21(12-17)30(27,28)25-13-15(2)11-16(3)14-25/h5-10,12,15-16H,4,11,13-14H2,1-3H3,(H,24,26)/t15-,16-/m0/s1. The average Bonchev–Trinajstić information content (AvgIpc) is 2.69. The van der Waals surface area contributed by atoms with E-state index in [1.807, 2.05) is 20.8 Å². The summed E-state index contributed by atoms with van der Waals surface area (Å²) in [7, 11) is -4.04. The molecular weight excluding hydrogens is 407 g/mol. The molecule has 2 aromatic rings. The number of hydrogen-bond acceptors (Lipinski definition) is 4. The summed E-state index contributed by atoms with van der Waals surface area (Å²) < 4.78 is 47.3. The molecule has 0 aromatic heterocycles. The number of benzene rings is 2. The van der Waals surface area contributed by atoms with E-state index in [9.17, 15) is 17.6 Å². The second-order valence-electron chi connectivity index (χ2n) is 7.82. The Labute approximate surface area is 177 Å². The third-order valence-electron chi connectivity index (χ3n) is 5.07. The number of carbonyl (C=O) groups is 1. The minimum atomic E-state index is -4.04. The molecule has 2 aromatic carbocycles. The number of rotatable bonds is 6. The van der Waals surface area contributed by atoms with E-state index in [2.05, 4.69) is 5.32 Å². The van der Waals surface area contributed by atoms with Crippen molar-refractivity contribution in [3.8, 4) is 5.75 Å². The van der Waals surface area contributed by atoms with Gasteiger partial charge in [-0.05, 0) is 67.6 Å². The summed E-state index contributed by atoms with van der Waals surface area (Å²) in [4.78, 5) is 12.2. The topological polar surface area (TPSA) is 75.7 Å². The molecule has 0 unspecified atom stereocenters. The largest absolute Gasteiger partial charge is 0.494 e. The van der Waals surface area contributed by atoms with E-state index >= 15 is 0 Å². The average molecular weight is 435 g/mol. The zero-order valence-electron chi connectivity index (χ0n) is 17.4. The van der Waals surface area contributed by atoms with Gasteiger partial charge in [0.15, 0.2) is 0 Å². The van der Waals surface area contributed by atoms with Crippen LogP contribution < -0.4 is 10.1 Å². The molecule has 8 heteroatoms. The monoisotopic (exact) mass is 434 g/mol. The molecule has 1 heterocycles. The van der Waals surface area contributed by atoms with Gasteiger partial charge in [-0.3, -0.25) is 4.79 Å². The zero-order chi connectivity index (χ0) is 21.9. The summed E-state index contributed by atoms with van der Waals surface area (Å²) in [5.74, 6) is -0.319. The number of amides is 1. The minimum Gasteiger partial charge on any atom is -0.494 e. The van der Waals surface area contributed by atoms with Crippen LogP contribution in [0.5, 0.6) is 5.75 Å². The second-order valence-corrected chi connectivity index (χ2v) is 9.73. The number of piperidine rings is 1. The Hall–Kier alpha value is -2.45. The van der Waals surface area contributed by atoms with E-state index in [-0.39, 0.29) is 17.4 Å². The SMILES string of the molecule is CCOc1ccc(NC(=O)c2ccc(F)c(S(=O)(=O)N3C[C@@H](C)C[C@H](C)C3)c2)cc1. The van der Waals surface area contributed by atoms with Gasteiger partial charge < -0.3 is 10.1 Å². The van der Waals surface area contributed by atoms with Crippen LogP contribution in [0.2, 0.25) is 0 Å². The van der Waals surface area contributed by atoms with Crippen molar-refractivity contribution in [2.45, 2.75) is 32.1 Å². The molecule has 6 nitrogen and oxygen atoms in total. The van der Waals surface area contributed by atoms with Gasteiger partial charge >= 0.3 is 0 Å². The van der Waals surface area contributed by atoms with E-state index in [0.717, 1.165) is 18.6 Å². The molecule has 0 aliphatic carbocycles. The predicted molar refractivity (Wildman–Crippen MR) is 114 cm³/mol. The fourth-order valence-electron chi connectivity index (χ4n) is 3.79. The molecule has 1 N–H and O–H groups in total. The van der Waals surface area contributed by atoms with Crippen molar-refractivity contribution in [1.29, 1.82) is 0 Å². The van der Waals surface area contributed by atoms with Gasteiger partial charge in [0.1, 0.15) is 16.5 Å². The third-order valence-corrected chi connectivity index (χ3v) is 6.92. The second kappa shape index (κ2) is 9.14. The Balaban J connectivity index is 1.82. The Morgan fingerprint density at radius 1 is 1.13 bits per heavy atom. The van der Waals surface area contributed by atoms with E-state index in [1.54, 1.807) is 24.3 Å². The van der Waals surface area contributed by atoms with Crippen molar-refractivity contribution >= 4 is 21.6 Å². The lowest BCUT2D eigenvalue weighted by atomic mass is 9.94. The van der Waals surface area contributed by atoms with E-state index in [4.69, 9.17) is 4.74 Å². The molecule has 0 spiro atoms. The molecule has 1 amide bonds. The summed E-state index contributed by atoms with van der Waals surface area (Å²) in [5.41, 5.74) is 0.595. The highest BCUT2D eigenvalue weighted by Gasteiger charge is 2.33. The van der Waals surface area contributed by atoms with Gasteiger partial charge in [0, 0.05) is 24.3 Å². The van der Waals surface area contributed by atoms with Crippen LogP contribution in [0.25, 0.3) is 0 Å². The maximum Gasteiger partial charge on any atom is 0.255 e. The molecule has 30 heavy (non-hydrogen) atoms. The van der Waals surface area contributed by atoms with Gasteiger partial charge in [0.25, 0.3) is 5.91 Å². The van der Waals surface area contributed by atoms with Gasteiger partial charge in [-0.2, -0.15) is 4.31 Å². The Bertz CT molecular complexity index is 998. The third kappa shape index (κ3) is 4.99. The van der Waals surface area contributed by atoms with Gasteiger partial charge in [-0.15, -0.1) is 0 Å². The lowest BCUT2D eigenvalue weighted by molar-refractivity contribution is 0.102. The number of carbonyl (C=O) groups excluding carboxylic acids is 1. The number of anilines is 1. The summed E-state index contributed by atoms with van der Waals surface area (Å²) >= 11 is 0. The van der Waals surface area contributed by atoms with Crippen molar-refractivity contribution < 1.29 is 22.3 Å². The lowest BCUT2D eigenvalue weighted by Crippen LogP contribution is -2.42. The van der Waals surface area contributed by atoms with Crippen LogP contribution in [-0.2, 0) is 10.0 Å². The molecule has 0 bridgehead atoms. The minimum absolute atomic E-state index is 0.0713. The summed E-state index contributed by atoms with van der Waals surface area (Å²) in [5, 5.41) is 2.69. The molecule has 0 saturated carbocycles. The van der Waals surface area contributed by atoms with Crippen LogP contribution in [0.4, 0.5) is 10.1 Å². The Morgan fingerprint density at radius 2 is 1.77 bits per heavy atom. The van der Waals surface area contributed by atoms with Crippen molar-refractivity contribution in [2.75, 3.05) is 25.0 Å². The van der Waals surface area contributed by atoms with Crippen LogP contribution in [0.15, 0.2) is 47.4 Å². The molecule has 162 valence electrons. The van der Waals surface area contributed by atoms with Crippen LogP contribution in [0, 0.1) is 17.7 Å². The van der Waals surface area contributed by atoms with Gasteiger partial charge in [-0.25, -0.2) is 12.8 Å². The number of halogens is 1. The summed E-state index contributed by atoms with van der Waals surface area (Å²) in [6, 6.07) is 10.2. The predicted octanol–water partition coefficient (Wildman–Crippen LogP) is 4.14. The van der Waals surface area contributed by atoms with Crippen LogP contribution in [0.1, 0.15) is 37.6 Å². The molecular formula is C22H27FN2O4S. The van der Waals surface area contributed by atoms with E-state index in [0.29, 0.717) is 31.1 Å². The normalized spacial score (nSPS) is 20.0. The lowest BCUT2D eigenvalue weighted by Gasteiger charge is -2.34. The first kappa shape index (κ1) is 22.2. The summed E-state index contributed by atoms with van der Waals surface area (Å²) in [6.45, 7) is 7.06. The fraction of sp³-hybridized carbons (Fsp3) is 0.409. The molecule has 0 radical (unpaired) electrons. The number of nitrogens with zero attached hydrogens (tertiary/aromatic N) is 1. The maximum absolute atomic E-state index is 14.5. The summed E-state index contributed by atoms with van der Waals surface area (Å²) in [6.07, 6.45) is 0.930. The molecule has 1 aliphatic heterocycles. The number of sulfonamides is 1. The van der Waals surface area contributed by atoms with Crippen LogP contribution in [-0.4, -0.2) is 38.3 Å². The van der Waals surface area contributed by atoms with Crippen molar-refractivity contribution in [2.24, 2.45) is 11.8 Å². The van der Waals surface area contributed by atoms with E-state index in [1.165, 1.54) is 10.4 Å². The van der Waals surface area contributed by atoms with Gasteiger partial charge in [-0.1, -0.05) is 13.8 Å². The molecule has 1 saturated heterocycles. The molecule has 3 rings (SSSR count). The van der Waals surface area contributed by atoms with Crippen molar-refractivity contribution in [3.05, 3.63) is 53.8 Å². The van der Waals surface area contributed by atoms with Gasteiger partial charge in [0.05, 0.1) is 6.61 Å². The quantitative estimate of drug-likeness (QED) is 0.741. The number of nitrogens with one attached hydrogen (secondary N) is 1. The molecule has 1 aliphatic rings. The van der Waals surface area contributed by atoms with E-state index < -0.39 is 26.6 Å². The highest BCUT2D eigenvalue weighted by atomic mass is 32.2. The zero-order valence-corrected chi connectivity index (χ0v) is 18.2. The first-order chi connectivity index (χ1) is 14.2. The smallest absolute Gasteiger partial charge is 0.255 e. The Morgan fingerprint density at radius 3 is 2.37 bits per heavy atom. The highest BCUT2D eigenvalue weighted by molar-refractivity contribution is 7.89. The Kier molecular flexibility index (Phi) is 6.77. The molecule has 2 atom stereocenters. The van der Waals surface area contributed by atoms with Crippen LogP contribution >= 0.6 is 0 Å².